The Hall–Kier alpha value is -0.890. The van der Waals surface area contributed by atoms with Crippen molar-refractivity contribution in [3.05, 3.63) is 28.8 Å². The van der Waals surface area contributed by atoms with Gasteiger partial charge in [0.25, 0.3) is 10.2 Å². The number of hydrogen-bond donors (Lipinski definition) is 3. The molecule has 0 bridgehead atoms. The highest BCUT2D eigenvalue weighted by atomic mass is 35.5. The van der Waals surface area contributed by atoms with Crippen molar-refractivity contribution in [3.8, 4) is 0 Å². The van der Waals surface area contributed by atoms with Crippen LogP contribution in [0.15, 0.2) is 18.2 Å². The van der Waals surface area contributed by atoms with E-state index in [9.17, 15) is 8.42 Å². The number of rotatable bonds is 4. The molecule has 0 heterocycles. The molecule has 0 radical (unpaired) electrons. The second kappa shape index (κ2) is 4.96. The highest BCUT2D eigenvalue weighted by Crippen LogP contribution is 2.23. The smallest absolute Gasteiger partial charge is 0.298 e. The van der Waals surface area contributed by atoms with E-state index < -0.39 is 10.2 Å². The number of halogens is 1. The summed E-state index contributed by atoms with van der Waals surface area (Å²) in [5.74, 6) is 0. The molecule has 0 aliphatic carbocycles. The minimum absolute atomic E-state index is 0.199. The van der Waals surface area contributed by atoms with E-state index in [-0.39, 0.29) is 15.7 Å². The normalized spacial score (nSPS) is 11.1. The third-order valence-electron chi connectivity index (χ3n) is 1.77. The van der Waals surface area contributed by atoms with Gasteiger partial charge in [0, 0.05) is 12.6 Å². The van der Waals surface area contributed by atoms with E-state index in [0.717, 1.165) is 0 Å². The summed E-state index contributed by atoms with van der Waals surface area (Å²) in [4.78, 5) is 0.199. The molecular weight excluding hydrogens is 270 g/mol. The molecule has 16 heavy (non-hydrogen) atoms. The first kappa shape index (κ1) is 13.2. The van der Waals surface area contributed by atoms with Gasteiger partial charge in [-0.2, -0.15) is 8.42 Å². The Labute approximate surface area is 104 Å². The summed E-state index contributed by atoms with van der Waals surface area (Å²) in [6, 6.07) is 4.57. The Morgan fingerprint density at radius 2 is 2.12 bits per heavy atom. The van der Waals surface area contributed by atoms with Crippen molar-refractivity contribution in [2.45, 2.75) is 0 Å². The van der Waals surface area contributed by atoms with Crippen LogP contribution >= 0.6 is 23.8 Å². The van der Waals surface area contributed by atoms with E-state index in [1.165, 1.54) is 19.2 Å². The monoisotopic (exact) mass is 279 g/mol. The molecule has 0 saturated heterocycles. The van der Waals surface area contributed by atoms with Gasteiger partial charge in [0.1, 0.15) is 4.99 Å². The predicted molar refractivity (Wildman–Crippen MR) is 68.9 cm³/mol. The molecule has 0 aliphatic heterocycles. The van der Waals surface area contributed by atoms with E-state index in [0.29, 0.717) is 5.56 Å². The number of nitrogens with two attached hydrogens (primary N) is 1. The molecule has 0 aromatic heterocycles. The van der Waals surface area contributed by atoms with Crippen LogP contribution in [0.4, 0.5) is 5.69 Å². The highest BCUT2D eigenvalue weighted by molar-refractivity contribution is 7.90. The summed E-state index contributed by atoms with van der Waals surface area (Å²) in [6.45, 7) is 0. The SMILES string of the molecule is CNS(=O)(=O)Nc1ccc(C(N)=S)cc1Cl. The standard InChI is InChI=1S/C8H10ClN3O2S2/c1-11-16(13,14)12-7-3-2-5(8(10)15)4-6(7)9/h2-4,11-12H,1H3,(H2,10,15). The number of thiocarbonyl (C=S) groups is 1. The second-order valence-electron chi connectivity index (χ2n) is 2.87. The molecule has 0 fully saturated rings. The van der Waals surface area contributed by atoms with Crippen molar-refractivity contribution in [2.24, 2.45) is 5.73 Å². The molecule has 1 rings (SSSR count). The number of hydrogen-bond acceptors (Lipinski definition) is 3. The lowest BCUT2D eigenvalue weighted by atomic mass is 10.2. The number of anilines is 1. The van der Waals surface area contributed by atoms with Crippen LogP contribution < -0.4 is 15.2 Å². The average molecular weight is 280 g/mol. The summed E-state index contributed by atoms with van der Waals surface area (Å²) in [5.41, 5.74) is 6.24. The third-order valence-corrected chi connectivity index (χ3v) is 3.34. The maximum absolute atomic E-state index is 11.2. The van der Waals surface area contributed by atoms with Crippen LogP contribution in [0.1, 0.15) is 5.56 Å². The maximum atomic E-state index is 11.2. The van der Waals surface area contributed by atoms with Crippen LogP contribution in [-0.2, 0) is 10.2 Å². The van der Waals surface area contributed by atoms with E-state index in [4.69, 9.17) is 29.6 Å². The molecule has 0 atom stereocenters. The van der Waals surface area contributed by atoms with Crippen molar-refractivity contribution < 1.29 is 8.42 Å². The van der Waals surface area contributed by atoms with Crippen molar-refractivity contribution >= 4 is 44.7 Å². The van der Waals surface area contributed by atoms with Gasteiger partial charge >= 0.3 is 0 Å². The molecule has 8 heteroatoms. The van der Waals surface area contributed by atoms with Crippen molar-refractivity contribution in [3.63, 3.8) is 0 Å². The average Bonchev–Trinajstić information content (AvgIpc) is 2.20. The number of benzene rings is 1. The summed E-state index contributed by atoms with van der Waals surface area (Å²) in [6.07, 6.45) is 0. The fourth-order valence-corrected chi connectivity index (χ4v) is 1.93. The van der Waals surface area contributed by atoms with Gasteiger partial charge in [-0.25, -0.2) is 4.72 Å². The Morgan fingerprint density at radius 3 is 2.56 bits per heavy atom. The minimum atomic E-state index is -3.58. The van der Waals surface area contributed by atoms with E-state index in [1.807, 2.05) is 0 Å². The van der Waals surface area contributed by atoms with E-state index in [2.05, 4.69) is 9.44 Å². The first-order valence-corrected chi connectivity index (χ1v) is 6.43. The zero-order valence-electron chi connectivity index (χ0n) is 8.32. The van der Waals surface area contributed by atoms with E-state index >= 15 is 0 Å². The molecule has 88 valence electrons. The zero-order chi connectivity index (χ0) is 12.3. The Kier molecular flexibility index (Phi) is 4.09. The van der Waals surface area contributed by atoms with Crippen molar-refractivity contribution in [2.75, 3.05) is 11.8 Å². The molecule has 0 aliphatic rings. The molecule has 1 aromatic rings. The quantitative estimate of drug-likeness (QED) is 0.714. The van der Waals surface area contributed by atoms with Crippen molar-refractivity contribution in [1.29, 1.82) is 0 Å². The molecular formula is C8H10ClN3O2S2. The van der Waals surface area contributed by atoms with Crippen LogP contribution in [0.2, 0.25) is 5.02 Å². The first-order chi connectivity index (χ1) is 7.35. The summed E-state index contributed by atoms with van der Waals surface area (Å²) >= 11 is 10.6. The molecule has 0 spiro atoms. The van der Waals surface area contributed by atoms with Gasteiger partial charge in [-0.3, -0.25) is 4.72 Å². The number of nitrogens with one attached hydrogen (secondary N) is 2. The van der Waals surface area contributed by atoms with Gasteiger partial charge in [-0.1, -0.05) is 23.8 Å². The van der Waals surface area contributed by atoms with Gasteiger partial charge in [-0.05, 0) is 18.2 Å². The molecule has 1 aromatic carbocycles. The largest absolute Gasteiger partial charge is 0.389 e. The first-order valence-electron chi connectivity index (χ1n) is 4.16. The Morgan fingerprint density at radius 1 is 1.50 bits per heavy atom. The zero-order valence-corrected chi connectivity index (χ0v) is 10.7. The molecule has 0 saturated carbocycles. The van der Waals surface area contributed by atoms with Crippen LogP contribution in [0.3, 0.4) is 0 Å². The Balaban J connectivity index is 3.05. The van der Waals surface area contributed by atoms with Crippen LogP contribution in [0, 0.1) is 0 Å². The fourth-order valence-electron chi connectivity index (χ4n) is 0.947. The van der Waals surface area contributed by atoms with Gasteiger partial charge in [0.05, 0.1) is 10.7 Å². The molecule has 0 amide bonds. The van der Waals surface area contributed by atoms with Gasteiger partial charge in [0.15, 0.2) is 0 Å². The molecule has 5 nitrogen and oxygen atoms in total. The Bertz CT molecular complexity index is 516. The molecule has 4 N–H and O–H groups in total. The fraction of sp³-hybridized carbons (Fsp3) is 0.125. The van der Waals surface area contributed by atoms with E-state index in [1.54, 1.807) is 6.07 Å². The maximum Gasteiger partial charge on any atom is 0.298 e. The topological polar surface area (TPSA) is 84.2 Å². The van der Waals surface area contributed by atoms with Gasteiger partial charge < -0.3 is 5.73 Å². The summed E-state index contributed by atoms with van der Waals surface area (Å²) in [7, 11) is -2.29. The van der Waals surface area contributed by atoms with Crippen molar-refractivity contribution in [1.82, 2.24) is 4.72 Å². The van der Waals surface area contributed by atoms with Gasteiger partial charge in [0.2, 0.25) is 0 Å². The molecule has 0 unspecified atom stereocenters. The highest BCUT2D eigenvalue weighted by Gasteiger charge is 2.10. The van der Waals surface area contributed by atoms with Gasteiger partial charge in [-0.15, -0.1) is 0 Å². The lowest BCUT2D eigenvalue weighted by Gasteiger charge is -2.09. The lowest BCUT2D eigenvalue weighted by molar-refractivity contribution is 0.593. The van der Waals surface area contributed by atoms with Crippen LogP contribution in [0.5, 0.6) is 0 Å². The lowest BCUT2D eigenvalue weighted by Crippen LogP contribution is -2.26. The summed E-state index contributed by atoms with van der Waals surface area (Å²) in [5, 5.41) is 0.226. The third kappa shape index (κ3) is 3.31. The summed E-state index contributed by atoms with van der Waals surface area (Å²) < 4.78 is 26.8. The van der Waals surface area contributed by atoms with Crippen LogP contribution in [-0.4, -0.2) is 20.5 Å². The minimum Gasteiger partial charge on any atom is -0.389 e. The second-order valence-corrected chi connectivity index (χ2v) is 5.33. The predicted octanol–water partition coefficient (Wildman–Crippen LogP) is 0.850. The van der Waals surface area contributed by atoms with Crippen LogP contribution in [0.25, 0.3) is 0 Å².